The first kappa shape index (κ1) is 9.97. The minimum atomic E-state index is -0.624. The number of hydrogen-bond donors (Lipinski definition) is 2. The van der Waals surface area contributed by atoms with E-state index in [1.54, 1.807) is 0 Å². The standard InChI is InChI=1S/C9H12N2O4/c12-5-7(6-1-2-6)15-11-4-3-8(13)10-9(11)14/h3-4,6-7,12H,1-2,5H2,(H,10,13,14)/t7-/m0/s1. The van der Waals surface area contributed by atoms with Crippen molar-refractivity contribution in [2.75, 3.05) is 6.61 Å². The smallest absolute Gasteiger partial charge is 0.361 e. The van der Waals surface area contributed by atoms with E-state index in [-0.39, 0.29) is 12.7 Å². The van der Waals surface area contributed by atoms with Gasteiger partial charge in [0.25, 0.3) is 5.56 Å². The highest BCUT2D eigenvalue weighted by atomic mass is 16.7. The van der Waals surface area contributed by atoms with Crippen LogP contribution in [0.25, 0.3) is 0 Å². The van der Waals surface area contributed by atoms with Crippen molar-refractivity contribution < 1.29 is 9.94 Å². The molecule has 2 N–H and O–H groups in total. The number of rotatable bonds is 4. The molecule has 0 aromatic carbocycles. The summed E-state index contributed by atoms with van der Waals surface area (Å²) >= 11 is 0. The predicted molar refractivity (Wildman–Crippen MR) is 51.5 cm³/mol. The Labute approximate surface area is 85.1 Å². The summed E-state index contributed by atoms with van der Waals surface area (Å²) in [5, 5.41) is 9.03. The van der Waals surface area contributed by atoms with Crippen molar-refractivity contribution in [3.8, 4) is 0 Å². The molecule has 0 spiro atoms. The molecule has 1 aliphatic carbocycles. The van der Waals surface area contributed by atoms with Crippen LogP contribution in [0, 0.1) is 5.92 Å². The summed E-state index contributed by atoms with van der Waals surface area (Å²) in [6.07, 6.45) is 2.90. The minimum Gasteiger partial charge on any atom is -0.404 e. The van der Waals surface area contributed by atoms with Gasteiger partial charge in [0.05, 0.1) is 12.8 Å². The van der Waals surface area contributed by atoms with E-state index in [2.05, 4.69) is 4.98 Å². The number of aliphatic hydroxyl groups is 1. The zero-order chi connectivity index (χ0) is 10.8. The molecule has 1 aromatic rings. The molecule has 0 amide bonds. The van der Waals surface area contributed by atoms with Crippen molar-refractivity contribution in [1.82, 2.24) is 9.71 Å². The largest absolute Gasteiger partial charge is 0.404 e. The number of H-pyrrole nitrogens is 1. The van der Waals surface area contributed by atoms with Gasteiger partial charge in [-0.3, -0.25) is 9.78 Å². The quantitative estimate of drug-likeness (QED) is 0.652. The van der Waals surface area contributed by atoms with Gasteiger partial charge in [0.2, 0.25) is 0 Å². The van der Waals surface area contributed by atoms with Crippen LogP contribution in [0.2, 0.25) is 0 Å². The molecule has 82 valence electrons. The van der Waals surface area contributed by atoms with Gasteiger partial charge in [-0.05, 0) is 12.8 Å². The van der Waals surface area contributed by atoms with Crippen LogP contribution in [-0.2, 0) is 0 Å². The molecular weight excluding hydrogens is 200 g/mol. The van der Waals surface area contributed by atoms with Gasteiger partial charge >= 0.3 is 5.69 Å². The molecule has 0 aliphatic heterocycles. The fourth-order valence-electron chi connectivity index (χ4n) is 1.37. The first-order valence-corrected chi connectivity index (χ1v) is 4.80. The molecule has 2 rings (SSSR count). The van der Waals surface area contributed by atoms with Gasteiger partial charge in [0, 0.05) is 12.0 Å². The molecule has 1 saturated carbocycles. The summed E-state index contributed by atoms with van der Waals surface area (Å²) in [4.78, 5) is 29.3. The Balaban J connectivity index is 2.15. The van der Waals surface area contributed by atoms with E-state index in [1.807, 2.05) is 0 Å². The lowest BCUT2D eigenvalue weighted by Gasteiger charge is -2.15. The summed E-state index contributed by atoms with van der Waals surface area (Å²) < 4.78 is 0.945. The second-order valence-electron chi connectivity index (χ2n) is 3.60. The van der Waals surface area contributed by atoms with Crippen LogP contribution in [0.15, 0.2) is 21.9 Å². The maximum absolute atomic E-state index is 11.2. The predicted octanol–water partition coefficient (Wildman–Crippen LogP) is -1.26. The number of nitrogens with zero attached hydrogens (tertiary/aromatic N) is 1. The van der Waals surface area contributed by atoms with Crippen molar-refractivity contribution in [2.45, 2.75) is 18.9 Å². The summed E-state index contributed by atoms with van der Waals surface area (Å²) in [7, 11) is 0. The van der Waals surface area contributed by atoms with Gasteiger partial charge in [0.15, 0.2) is 6.10 Å². The van der Waals surface area contributed by atoms with Crippen molar-refractivity contribution in [2.24, 2.45) is 5.92 Å². The molecule has 0 unspecified atom stereocenters. The minimum absolute atomic E-state index is 0.129. The van der Waals surface area contributed by atoms with Crippen LogP contribution in [0.3, 0.4) is 0 Å². The second kappa shape index (κ2) is 3.90. The van der Waals surface area contributed by atoms with E-state index in [1.165, 1.54) is 12.3 Å². The summed E-state index contributed by atoms with van der Waals surface area (Å²) in [6.45, 7) is -0.129. The van der Waals surface area contributed by atoms with E-state index >= 15 is 0 Å². The Morgan fingerprint density at radius 2 is 2.33 bits per heavy atom. The van der Waals surface area contributed by atoms with Crippen LogP contribution < -0.4 is 16.1 Å². The maximum Gasteiger partial charge on any atom is 0.361 e. The molecule has 1 heterocycles. The van der Waals surface area contributed by atoms with Crippen LogP contribution >= 0.6 is 0 Å². The lowest BCUT2D eigenvalue weighted by Crippen LogP contribution is -2.39. The third kappa shape index (κ3) is 2.27. The molecule has 6 heteroatoms. The Hall–Kier alpha value is -1.56. The highest BCUT2D eigenvalue weighted by Crippen LogP contribution is 2.32. The van der Waals surface area contributed by atoms with Crippen LogP contribution in [0.5, 0.6) is 0 Å². The molecule has 1 atom stereocenters. The van der Waals surface area contributed by atoms with Gasteiger partial charge in [-0.15, -0.1) is 4.73 Å². The third-order valence-corrected chi connectivity index (χ3v) is 2.37. The lowest BCUT2D eigenvalue weighted by atomic mass is 10.2. The van der Waals surface area contributed by atoms with E-state index in [4.69, 9.17) is 9.94 Å². The summed E-state index contributed by atoms with van der Waals surface area (Å²) in [5.41, 5.74) is -1.09. The van der Waals surface area contributed by atoms with E-state index < -0.39 is 11.2 Å². The number of aromatic amines is 1. The van der Waals surface area contributed by atoms with Gasteiger partial charge in [-0.1, -0.05) is 0 Å². The molecule has 0 bridgehead atoms. The van der Waals surface area contributed by atoms with Crippen LogP contribution in [0.4, 0.5) is 0 Å². The summed E-state index contributed by atoms with van der Waals surface area (Å²) in [6, 6.07) is 1.20. The first-order valence-electron chi connectivity index (χ1n) is 4.80. The van der Waals surface area contributed by atoms with Crippen molar-refractivity contribution in [1.29, 1.82) is 0 Å². The van der Waals surface area contributed by atoms with E-state index in [0.29, 0.717) is 5.92 Å². The van der Waals surface area contributed by atoms with Crippen molar-refractivity contribution >= 4 is 0 Å². The van der Waals surface area contributed by atoms with Crippen molar-refractivity contribution in [3.63, 3.8) is 0 Å². The Morgan fingerprint density at radius 3 is 2.87 bits per heavy atom. The van der Waals surface area contributed by atoms with Crippen LogP contribution in [-0.4, -0.2) is 27.5 Å². The summed E-state index contributed by atoms with van der Waals surface area (Å²) in [5.74, 6) is 0.314. The monoisotopic (exact) mass is 212 g/mol. The van der Waals surface area contributed by atoms with Crippen LogP contribution in [0.1, 0.15) is 12.8 Å². The Kier molecular flexibility index (Phi) is 2.59. The lowest BCUT2D eigenvalue weighted by molar-refractivity contribution is -0.0174. The SMILES string of the molecule is O=c1ccn(O[C@@H](CO)C2CC2)c(=O)[nH]1. The molecular formula is C9H12N2O4. The second-order valence-corrected chi connectivity index (χ2v) is 3.60. The molecule has 1 aromatic heterocycles. The van der Waals surface area contributed by atoms with E-state index in [9.17, 15) is 9.59 Å². The normalized spacial score (nSPS) is 17.4. The highest BCUT2D eigenvalue weighted by Gasteiger charge is 2.33. The molecule has 0 radical (unpaired) electrons. The van der Waals surface area contributed by atoms with Gasteiger partial charge in [-0.25, -0.2) is 4.79 Å². The third-order valence-electron chi connectivity index (χ3n) is 2.37. The zero-order valence-corrected chi connectivity index (χ0v) is 8.05. The molecule has 0 saturated heterocycles. The topological polar surface area (TPSA) is 84.3 Å². The Bertz CT molecular complexity index is 446. The molecule has 1 fully saturated rings. The average Bonchev–Trinajstić information content (AvgIpc) is 3.00. The fraction of sp³-hybridized carbons (Fsp3) is 0.556. The van der Waals surface area contributed by atoms with Crippen molar-refractivity contribution in [3.05, 3.63) is 33.1 Å². The highest BCUT2D eigenvalue weighted by molar-refractivity contribution is 4.84. The average molecular weight is 212 g/mol. The number of nitrogens with one attached hydrogen (secondary N) is 1. The first-order chi connectivity index (χ1) is 7.20. The van der Waals surface area contributed by atoms with Gasteiger partial charge < -0.3 is 9.94 Å². The number of aliphatic hydroxyl groups excluding tert-OH is 1. The van der Waals surface area contributed by atoms with Gasteiger partial charge in [0.1, 0.15) is 0 Å². The van der Waals surface area contributed by atoms with Gasteiger partial charge in [-0.2, -0.15) is 0 Å². The Morgan fingerprint density at radius 1 is 1.60 bits per heavy atom. The molecule has 1 aliphatic rings. The zero-order valence-electron chi connectivity index (χ0n) is 8.05. The molecule has 6 nitrogen and oxygen atoms in total. The number of aromatic nitrogens is 2. The maximum atomic E-state index is 11.2. The molecule has 15 heavy (non-hydrogen) atoms. The fourth-order valence-corrected chi connectivity index (χ4v) is 1.37. The number of hydrogen-bond acceptors (Lipinski definition) is 4. The van der Waals surface area contributed by atoms with E-state index in [0.717, 1.165) is 17.6 Å².